The number of hydrogen-bond acceptors (Lipinski definition) is 3. The summed E-state index contributed by atoms with van der Waals surface area (Å²) in [4.78, 5) is 2.42. The number of rotatable bonds is 4. The largest absolute Gasteiger partial charge is 0.379 e. The van der Waals surface area contributed by atoms with Crippen molar-refractivity contribution in [2.24, 2.45) is 5.92 Å². The molecule has 1 heterocycles. The summed E-state index contributed by atoms with van der Waals surface area (Å²) < 4.78 is 6.76. The molecule has 3 nitrogen and oxygen atoms in total. The van der Waals surface area contributed by atoms with E-state index in [2.05, 4.69) is 51.3 Å². The zero-order valence-corrected chi connectivity index (χ0v) is 13.5. The van der Waals surface area contributed by atoms with E-state index in [-0.39, 0.29) is 0 Å². The lowest BCUT2D eigenvalue weighted by molar-refractivity contribution is 0.0498. The molecule has 1 N–H and O–H groups in total. The second-order valence-corrected chi connectivity index (χ2v) is 6.15. The van der Waals surface area contributed by atoms with Gasteiger partial charge in [-0.3, -0.25) is 0 Å². The maximum absolute atomic E-state index is 5.58. The molecule has 0 aliphatic carbocycles. The summed E-state index contributed by atoms with van der Waals surface area (Å²) in [5, 5.41) is 3.18. The number of halogens is 1. The molecule has 19 heavy (non-hydrogen) atoms. The summed E-state index contributed by atoms with van der Waals surface area (Å²) in [6.45, 7) is 5.25. The van der Waals surface area contributed by atoms with Gasteiger partial charge in [0.15, 0.2) is 0 Å². The highest BCUT2D eigenvalue weighted by Gasteiger charge is 2.26. The molecule has 0 aromatic heterocycles. The Morgan fingerprint density at radius 2 is 2.26 bits per heavy atom. The van der Waals surface area contributed by atoms with Crippen molar-refractivity contribution in [2.75, 3.05) is 32.1 Å². The molecule has 2 rings (SSSR count). The van der Waals surface area contributed by atoms with Crippen LogP contribution in [0.2, 0.25) is 0 Å². The number of benzene rings is 1. The number of piperidine rings is 1. The number of ether oxygens (including phenoxy) is 1. The van der Waals surface area contributed by atoms with Crippen LogP contribution in [-0.4, -0.2) is 33.4 Å². The predicted molar refractivity (Wildman–Crippen MR) is 83.7 cm³/mol. The molecule has 106 valence electrons. The Bertz CT molecular complexity index is 425. The van der Waals surface area contributed by atoms with Crippen molar-refractivity contribution in [3.8, 4) is 0 Å². The lowest BCUT2D eigenvalue weighted by atomic mass is 9.95. The molecular formula is C15H23BrN2O. The van der Waals surface area contributed by atoms with Gasteiger partial charge >= 0.3 is 0 Å². The second kappa shape index (κ2) is 6.73. The Labute approximate surface area is 124 Å². The summed E-state index contributed by atoms with van der Waals surface area (Å²) in [5.41, 5.74) is 2.57. The fraction of sp³-hybridized carbons (Fsp3) is 0.600. The Morgan fingerprint density at radius 3 is 2.89 bits per heavy atom. The maximum atomic E-state index is 5.58. The molecule has 2 unspecified atom stereocenters. The van der Waals surface area contributed by atoms with E-state index in [0.29, 0.717) is 12.0 Å². The first-order chi connectivity index (χ1) is 9.15. The summed E-state index contributed by atoms with van der Waals surface area (Å²) in [6.07, 6.45) is 1.53. The van der Waals surface area contributed by atoms with E-state index in [1.54, 1.807) is 0 Å². The van der Waals surface area contributed by atoms with Crippen LogP contribution in [-0.2, 0) is 11.3 Å². The fourth-order valence-electron chi connectivity index (χ4n) is 2.64. The van der Waals surface area contributed by atoms with Crippen LogP contribution >= 0.6 is 15.9 Å². The van der Waals surface area contributed by atoms with Crippen LogP contribution < -0.4 is 10.2 Å². The van der Waals surface area contributed by atoms with Crippen molar-refractivity contribution in [2.45, 2.75) is 26.0 Å². The summed E-state index contributed by atoms with van der Waals surface area (Å²) in [5.74, 6) is 0.647. The van der Waals surface area contributed by atoms with Crippen molar-refractivity contribution in [1.29, 1.82) is 0 Å². The van der Waals surface area contributed by atoms with Gasteiger partial charge in [0.2, 0.25) is 0 Å². The van der Waals surface area contributed by atoms with Crippen molar-refractivity contribution < 1.29 is 4.74 Å². The smallest absolute Gasteiger partial charge is 0.0772 e. The lowest BCUT2D eigenvalue weighted by Gasteiger charge is -2.37. The molecule has 0 bridgehead atoms. The van der Waals surface area contributed by atoms with Crippen LogP contribution in [0.5, 0.6) is 0 Å². The monoisotopic (exact) mass is 326 g/mol. The minimum absolute atomic E-state index is 0.338. The Hall–Kier alpha value is -0.580. The quantitative estimate of drug-likeness (QED) is 0.920. The molecule has 1 aliphatic heterocycles. The highest BCUT2D eigenvalue weighted by atomic mass is 79.9. The molecule has 1 aromatic carbocycles. The van der Waals surface area contributed by atoms with Crippen LogP contribution in [0.1, 0.15) is 18.9 Å². The molecule has 0 radical (unpaired) electrons. The first kappa shape index (κ1) is 14.8. The Morgan fingerprint density at radius 1 is 1.47 bits per heavy atom. The molecule has 1 aromatic rings. The van der Waals surface area contributed by atoms with Crippen molar-refractivity contribution in [1.82, 2.24) is 5.32 Å². The Balaban J connectivity index is 2.11. The first-order valence-corrected chi connectivity index (χ1v) is 7.65. The van der Waals surface area contributed by atoms with Gasteiger partial charge in [-0.05, 0) is 37.1 Å². The van der Waals surface area contributed by atoms with E-state index in [1.165, 1.54) is 22.1 Å². The molecule has 1 aliphatic rings. The molecule has 4 heteroatoms. The maximum Gasteiger partial charge on any atom is 0.0772 e. The average molecular weight is 327 g/mol. The summed E-state index contributed by atoms with van der Waals surface area (Å²) in [6, 6.07) is 6.62. The van der Waals surface area contributed by atoms with Crippen molar-refractivity contribution in [3.63, 3.8) is 0 Å². The van der Waals surface area contributed by atoms with Crippen molar-refractivity contribution in [3.05, 3.63) is 28.2 Å². The van der Waals surface area contributed by atoms with E-state index < -0.39 is 0 Å². The van der Waals surface area contributed by atoms with Crippen LogP contribution in [0.15, 0.2) is 22.7 Å². The summed E-state index contributed by atoms with van der Waals surface area (Å²) in [7, 11) is 3.78. The van der Waals surface area contributed by atoms with Crippen LogP contribution in [0.4, 0.5) is 5.69 Å². The first-order valence-electron chi connectivity index (χ1n) is 6.86. The van der Waals surface area contributed by atoms with Crippen LogP contribution in [0.3, 0.4) is 0 Å². The lowest BCUT2D eigenvalue weighted by Crippen LogP contribution is -2.43. The molecule has 2 atom stereocenters. The van der Waals surface area contributed by atoms with Gasteiger partial charge in [-0.15, -0.1) is 0 Å². The fourth-order valence-corrected chi connectivity index (χ4v) is 3.15. The van der Waals surface area contributed by atoms with Gasteiger partial charge in [-0.2, -0.15) is 0 Å². The van der Waals surface area contributed by atoms with Gasteiger partial charge in [0.25, 0.3) is 0 Å². The minimum atomic E-state index is 0.338. The van der Waals surface area contributed by atoms with E-state index in [9.17, 15) is 0 Å². The summed E-state index contributed by atoms with van der Waals surface area (Å²) >= 11 is 3.66. The van der Waals surface area contributed by atoms with Crippen LogP contribution in [0.25, 0.3) is 0 Å². The molecule has 0 spiro atoms. The number of nitrogens with one attached hydrogen (secondary N) is 1. The van der Waals surface area contributed by atoms with Gasteiger partial charge < -0.3 is 15.0 Å². The number of nitrogens with zero attached hydrogens (tertiary/aromatic N) is 1. The van der Waals surface area contributed by atoms with Gasteiger partial charge in [-0.25, -0.2) is 0 Å². The van der Waals surface area contributed by atoms with E-state index >= 15 is 0 Å². The molecular weight excluding hydrogens is 304 g/mol. The third-order valence-electron chi connectivity index (χ3n) is 3.96. The zero-order valence-electron chi connectivity index (χ0n) is 11.9. The van der Waals surface area contributed by atoms with Crippen molar-refractivity contribution >= 4 is 21.6 Å². The van der Waals surface area contributed by atoms with Gasteiger partial charge in [0, 0.05) is 36.9 Å². The average Bonchev–Trinajstić information content (AvgIpc) is 2.42. The highest BCUT2D eigenvalue weighted by Crippen LogP contribution is 2.28. The molecule has 1 fully saturated rings. The minimum Gasteiger partial charge on any atom is -0.379 e. The zero-order chi connectivity index (χ0) is 13.8. The number of methoxy groups -OCH3 is 1. The molecule has 0 saturated carbocycles. The standard InChI is InChI=1S/C15H23BrN2O/c1-11-6-7-18(10-15(11)19-3)13-5-4-12(9-17-2)14(16)8-13/h4-5,8,11,15,17H,6-7,9-10H2,1-3H3. The predicted octanol–water partition coefficient (Wildman–Crippen LogP) is 3.03. The van der Waals surface area contributed by atoms with E-state index in [0.717, 1.165) is 19.6 Å². The van der Waals surface area contributed by atoms with E-state index in [1.807, 2.05) is 14.2 Å². The third-order valence-corrected chi connectivity index (χ3v) is 4.70. The van der Waals surface area contributed by atoms with Gasteiger partial charge in [0.1, 0.15) is 0 Å². The second-order valence-electron chi connectivity index (χ2n) is 5.29. The highest BCUT2D eigenvalue weighted by molar-refractivity contribution is 9.10. The number of hydrogen-bond donors (Lipinski definition) is 1. The SMILES string of the molecule is CNCc1ccc(N2CCC(C)C(OC)C2)cc1Br. The number of anilines is 1. The Kier molecular flexibility index (Phi) is 5.25. The normalized spacial score (nSPS) is 23.7. The van der Waals surface area contributed by atoms with E-state index in [4.69, 9.17) is 4.74 Å². The van der Waals surface area contributed by atoms with Gasteiger partial charge in [0.05, 0.1) is 6.10 Å². The van der Waals surface area contributed by atoms with Crippen LogP contribution in [0, 0.1) is 5.92 Å². The topological polar surface area (TPSA) is 24.5 Å². The van der Waals surface area contributed by atoms with Gasteiger partial charge in [-0.1, -0.05) is 28.9 Å². The third kappa shape index (κ3) is 3.50. The molecule has 1 saturated heterocycles. The molecule has 0 amide bonds.